The summed E-state index contributed by atoms with van der Waals surface area (Å²) in [5.41, 5.74) is 2.52. The minimum atomic E-state index is -0.548. The van der Waals surface area contributed by atoms with E-state index < -0.39 is 6.17 Å². The first-order valence-corrected chi connectivity index (χ1v) is 8.70. The van der Waals surface area contributed by atoms with Gasteiger partial charge in [0.25, 0.3) is 5.91 Å². The number of nitrogens with zero attached hydrogens (tertiary/aromatic N) is 1. The summed E-state index contributed by atoms with van der Waals surface area (Å²) in [4.78, 5) is 14.8. The molecule has 0 spiro atoms. The maximum absolute atomic E-state index is 13.4. The van der Waals surface area contributed by atoms with Gasteiger partial charge in [-0.05, 0) is 48.5 Å². The van der Waals surface area contributed by atoms with Gasteiger partial charge in [-0.15, -0.1) is 0 Å². The van der Waals surface area contributed by atoms with Crippen molar-refractivity contribution in [3.8, 4) is 0 Å². The van der Waals surface area contributed by atoms with Gasteiger partial charge >= 0.3 is 0 Å². The van der Waals surface area contributed by atoms with E-state index in [1.807, 2.05) is 12.1 Å². The van der Waals surface area contributed by atoms with Crippen LogP contribution in [-0.4, -0.2) is 5.91 Å². The van der Waals surface area contributed by atoms with Crippen molar-refractivity contribution in [2.45, 2.75) is 6.17 Å². The first kappa shape index (κ1) is 16.9. The molecule has 1 N–H and O–H groups in total. The lowest BCUT2D eigenvalue weighted by Gasteiger charge is -2.38. The smallest absolute Gasteiger partial charge is 0.262 e. The van der Waals surface area contributed by atoms with Crippen LogP contribution in [-0.2, 0) is 0 Å². The molecule has 6 heteroatoms. The number of anilines is 2. The number of fused-ring (bicyclic) bond motifs is 1. The third kappa shape index (κ3) is 2.91. The molecule has 0 saturated carbocycles. The lowest BCUT2D eigenvalue weighted by Crippen LogP contribution is -2.43. The number of carbonyl (C=O) groups is 1. The van der Waals surface area contributed by atoms with Crippen LogP contribution in [0.4, 0.5) is 15.8 Å². The van der Waals surface area contributed by atoms with Gasteiger partial charge in [0.1, 0.15) is 12.0 Å². The fourth-order valence-electron chi connectivity index (χ4n) is 3.06. The fraction of sp³-hybridized carbons (Fsp3) is 0.0500. The van der Waals surface area contributed by atoms with E-state index in [4.69, 9.17) is 23.2 Å². The predicted octanol–water partition coefficient (Wildman–Crippen LogP) is 5.90. The van der Waals surface area contributed by atoms with E-state index in [-0.39, 0.29) is 11.7 Å². The van der Waals surface area contributed by atoms with Crippen LogP contribution in [0.5, 0.6) is 0 Å². The van der Waals surface area contributed by atoms with Gasteiger partial charge in [-0.1, -0.05) is 41.4 Å². The highest BCUT2D eigenvalue weighted by atomic mass is 35.5. The summed E-state index contributed by atoms with van der Waals surface area (Å²) in [7, 11) is 0. The zero-order valence-electron chi connectivity index (χ0n) is 13.4. The maximum atomic E-state index is 13.4. The molecule has 26 heavy (non-hydrogen) atoms. The molecular formula is C20H13Cl2FN2O. The summed E-state index contributed by atoms with van der Waals surface area (Å²) >= 11 is 12.4. The van der Waals surface area contributed by atoms with Crippen LogP contribution < -0.4 is 10.2 Å². The van der Waals surface area contributed by atoms with Crippen molar-refractivity contribution in [3.63, 3.8) is 0 Å². The van der Waals surface area contributed by atoms with Crippen LogP contribution in [0.1, 0.15) is 22.1 Å². The SMILES string of the molecule is O=C1c2ccccc2N[C@H](c2ccc(Cl)cc2Cl)N1c1ccc(F)cc1. The van der Waals surface area contributed by atoms with E-state index in [0.29, 0.717) is 32.5 Å². The van der Waals surface area contributed by atoms with E-state index in [9.17, 15) is 9.18 Å². The minimum Gasteiger partial charge on any atom is -0.360 e. The second kappa shape index (κ2) is 6.63. The third-order valence-electron chi connectivity index (χ3n) is 4.29. The summed E-state index contributed by atoms with van der Waals surface area (Å²) in [6.45, 7) is 0. The Morgan fingerprint density at radius 3 is 2.42 bits per heavy atom. The second-order valence-corrected chi connectivity index (χ2v) is 6.75. The molecular weight excluding hydrogens is 374 g/mol. The highest BCUT2D eigenvalue weighted by Gasteiger charge is 2.35. The Morgan fingerprint density at radius 2 is 1.69 bits per heavy atom. The summed E-state index contributed by atoms with van der Waals surface area (Å²) < 4.78 is 13.4. The molecule has 0 aliphatic carbocycles. The largest absolute Gasteiger partial charge is 0.360 e. The molecule has 3 aromatic carbocycles. The Morgan fingerprint density at radius 1 is 0.962 bits per heavy atom. The van der Waals surface area contributed by atoms with E-state index in [1.54, 1.807) is 47.4 Å². The summed E-state index contributed by atoms with van der Waals surface area (Å²) in [5, 5.41) is 4.30. The average molecular weight is 387 g/mol. The number of carbonyl (C=O) groups excluding carboxylic acids is 1. The lowest BCUT2D eigenvalue weighted by molar-refractivity contribution is 0.0975. The molecule has 4 rings (SSSR count). The minimum absolute atomic E-state index is 0.193. The molecule has 0 saturated heterocycles. The number of rotatable bonds is 2. The summed E-state index contributed by atoms with van der Waals surface area (Å²) in [5.74, 6) is -0.561. The van der Waals surface area contributed by atoms with Crippen LogP contribution in [0.15, 0.2) is 66.7 Å². The lowest BCUT2D eigenvalue weighted by atomic mass is 10.0. The summed E-state index contributed by atoms with van der Waals surface area (Å²) in [6, 6.07) is 18.2. The number of nitrogens with one attached hydrogen (secondary N) is 1. The number of halogens is 3. The van der Waals surface area contributed by atoms with Crippen molar-refractivity contribution in [3.05, 3.63) is 93.7 Å². The van der Waals surface area contributed by atoms with Gasteiger partial charge in [0.05, 0.1) is 5.56 Å². The van der Waals surface area contributed by atoms with E-state index in [2.05, 4.69) is 5.32 Å². The molecule has 1 heterocycles. The van der Waals surface area contributed by atoms with Crippen molar-refractivity contribution < 1.29 is 9.18 Å². The zero-order valence-corrected chi connectivity index (χ0v) is 14.9. The Balaban J connectivity index is 1.88. The molecule has 1 aliphatic heterocycles. The number of amides is 1. The molecule has 0 bridgehead atoms. The average Bonchev–Trinajstić information content (AvgIpc) is 2.63. The van der Waals surface area contributed by atoms with E-state index in [1.165, 1.54) is 12.1 Å². The number of hydrogen-bond acceptors (Lipinski definition) is 2. The van der Waals surface area contributed by atoms with Gasteiger partial charge in [0.2, 0.25) is 0 Å². The van der Waals surface area contributed by atoms with Crippen LogP contribution in [0.25, 0.3) is 0 Å². The Bertz CT molecular complexity index is 991. The van der Waals surface area contributed by atoms with Crippen LogP contribution in [0.3, 0.4) is 0 Å². The van der Waals surface area contributed by atoms with Crippen LogP contribution in [0.2, 0.25) is 10.0 Å². The molecule has 1 aliphatic rings. The Labute approximate surface area is 160 Å². The Kier molecular flexibility index (Phi) is 4.31. The van der Waals surface area contributed by atoms with Crippen molar-refractivity contribution in [2.24, 2.45) is 0 Å². The zero-order chi connectivity index (χ0) is 18.3. The van der Waals surface area contributed by atoms with E-state index in [0.717, 1.165) is 0 Å². The van der Waals surface area contributed by atoms with Gasteiger partial charge in [-0.3, -0.25) is 9.69 Å². The highest BCUT2D eigenvalue weighted by molar-refractivity contribution is 6.35. The van der Waals surface area contributed by atoms with Crippen molar-refractivity contribution in [1.29, 1.82) is 0 Å². The Hall–Kier alpha value is -2.56. The standard InChI is InChI=1S/C20H13Cl2FN2O/c21-12-5-10-15(17(22)11-12)19-24-18-4-2-1-3-16(18)20(26)25(19)14-8-6-13(23)7-9-14/h1-11,19,24H/t19-/m0/s1. The molecule has 3 aromatic rings. The molecule has 0 unspecified atom stereocenters. The maximum Gasteiger partial charge on any atom is 0.262 e. The number of benzene rings is 3. The van der Waals surface area contributed by atoms with Gasteiger partial charge < -0.3 is 5.32 Å². The molecule has 3 nitrogen and oxygen atoms in total. The highest BCUT2D eigenvalue weighted by Crippen LogP contribution is 2.39. The number of hydrogen-bond donors (Lipinski definition) is 1. The predicted molar refractivity (Wildman–Crippen MR) is 102 cm³/mol. The normalized spacial score (nSPS) is 16.2. The molecule has 1 amide bonds. The van der Waals surface area contributed by atoms with E-state index >= 15 is 0 Å². The van der Waals surface area contributed by atoms with Crippen molar-refractivity contribution in [1.82, 2.24) is 0 Å². The first-order chi connectivity index (χ1) is 12.5. The molecule has 0 fully saturated rings. The quantitative estimate of drug-likeness (QED) is 0.594. The van der Waals surface area contributed by atoms with Gasteiger partial charge in [0.15, 0.2) is 0 Å². The van der Waals surface area contributed by atoms with Gasteiger partial charge in [-0.25, -0.2) is 4.39 Å². The third-order valence-corrected chi connectivity index (χ3v) is 4.85. The summed E-state index contributed by atoms with van der Waals surface area (Å²) in [6.07, 6.45) is -0.548. The molecule has 0 aromatic heterocycles. The second-order valence-electron chi connectivity index (χ2n) is 5.91. The fourth-order valence-corrected chi connectivity index (χ4v) is 3.57. The molecule has 0 radical (unpaired) electrons. The van der Waals surface area contributed by atoms with Crippen molar-refractivity contribution in [2.75, 3.05) is 10.2 Å². The van der Waals surface area contributed by atoms with Gasteiger partial charge in [-0.2, -0.15) is 0 Å². The molecule has 1 atom stereocenters. The number of para-hydroxylation sites is 1. The molecule has 130 valence electrons. The van der Waals surface area contributed by atoms with Crippen LogP contribution in [0, 0.1) is 5.82 Å². The van der Waals surface area contributed by atoms with Crippen LogP contribution >= 0.6 is 23.2 Å². The van der Waals surface area contributed by atoms with Gasteiger partial charge in [0, 0.05) is 27.0 Å². The topological polar surface area (TPSA) is 32.3 Å². The monoisotopic (exact) mass is 386 g/mol. The first-order valence-electron chi connectivity index (χ1n) is 7.94. The van der Waals surface area contributed by atoms with Crippen molar-refractivity contribution >= 4 is 40.5 Å².